The van der Waals surface area contributed by atoms with Gasteiger partial charge in [-0.3, -0.25) is 9.59 Å². The van der Waals surface area contributed by atoms with Crippen molar-refractivity contribution in [3.8, 4) is 5.75 Å². The fourth-order valence-electron chi connectivity index (χ4n) is 2.44. The number of Topliss-reactive ketones (excluding diaryl/α,β-unsaturated/α-hetero) is 1. The highest BCUT2D eigenvalue weighted by atomic mass is 16.5. The van der Waals surface area contributed by atoms with E-state index in [1.165, 1.54) is 6.92 Å². The zero-order valence-electron chi connectivity index (χ0n) is 15.2. The summed E-state index contributed by atoms with van der Waals surface area (Å²) < 4.78 is 5.36. The molecule has 0 spiro atoms. The summed E-state index contributed by atoms with van der Waals surface area (Å²) in [5, 5.41) is 2.75. The Bertz CT molecular complexity index is 766. The number of carbonyl (C=O) groups is 3. The zero-order chi connectivity index (χ0) is 19.1. The summed E-state index contributed by atoms with van der Waals surface area (Å²) in [5.41, 5.74) is 1.42. The monoisotopic (exact) mass is 353 g/mol. The van der Waals surface area contributed by atoms with Crippen molar-refractivity contribution < 1.29 is 19.1 Å². The van der Waals surface area contributed by atoms with Gasteiger partial charge in [-0.2, -0.15) is 0 Å². The van der Waals surface area contributed by atoms with Crippen LogP contribution in [-0.2, 0) is 16.0 Å². The van der Waals surface area contributed by atoms with Crippen LogP contribution in [0.5, 0.6) is 5.75 Å². The van der Waals surface area contributed by atoms with E-state index in [-0.39, 0.29) is 24.0 Å². The van der Waals surface area contributed by atoms with Gasteiger partial charge < -0.3 is 10.1 Å². The minimum absolute atomic E-state index is 0.0592. The molecule has 2 aromatic carbocycles. The van der Waals surface area contributed by atoms with Crippen LogP contribution >= 0.6 is 0 Å². The van der Waals surface area contributed by atoms with Crippen LogP contribution < -0.4 is 10.1 Å². The van der Waals surface area contributed by atoms with Gasteiger partial charge >= 0.3 is 5.97 Å². The Morgan fingerprint density at radius 2 is 1.58 bits per heavy atom. The first-order chi connectivity index (χ1) is 12.4. The molecule has 136 valence electrons. The van der Waals surface area contributed by atoms with Gasteiger partial charge in [-0.15, -0.1) is 0 Å². The molecule has 0 saturated heterocycles. The number of nitrogens with one attached hydrogen (secondary N) is 1. The topological polar surface area (TPSA) is 72.5 Å². The molecule has 2 rings (SSSR count). The normalized spacial score (nSPS) is 11.7. The molecular formula is C21H23NO4. The molecule has 0 radical (unpaired) electrons. The number of ketones is 1. The fraction of sp³-hybridized carbons (Fsp3) is 0.286. The van der Waals surface area contributed by atoms with Gasteiger partial charge in [0.25, 0.3) is 0 Å². The summed E-state index contributed by atoms with van der Waals surface area (Å²) in [6, 6.07) is 14.9. The first-order valence-electron chi connectivity index (χ1n) is 8.53. The second kappa shape index (κ2) is 8.94. The lowest BCUT2D eigenvalue weighted by molar-refractivity contribution is -0.140. The maximum atomic E-state index is 12.5. The Balaban J connectivity index is 2.00. The van der Waals surface area contributed by atoms with Crippen LogP contribution in [0, 0.1) is 5.92 Å². The molecule has 0 aromatic heterocycles. The molecule has 2 aromatic rings. The van der Waals surface area contributed by atoms with E-state index in [0.29, 0.717) is 11.3 Å². The second-order valence-electron chi connectivity index (χ2n) is 6.45. The number of hydrogen-bond donors (Lipinski definition) is 1. The van der Waals surface area contributed by atoms with Crippen molar-refractivity contribution in [3.05, 3.63) is 65.7 Å². The van der Waals surface area contributed by atoms with Crippen molar-refractivity contribution in [1.29, 1.82) is 0 Å². The van der Waals surface area contributed by atoms with Gasteiger partial charge in [0, 0.05) is 5.56 Å². The van der Waals surface area contributed by atoms with Crippen molar-refractivity contribution in [3.63, 3.8) is 0 Å². The number of esters is 1. The van der Waals surface area contributed by atoms with Gasteiger partial charge in [0.2, 0.25) is 5.91 Å². The van der Waals surface area contributed by atoms with Crippen LogP contribution in [0.4, 0.5) is 0 Å². The minimum atomic E-state index is -0.751. The summed E-state index contributed by atoms with van der Waals surface area (Å²) in [4.78, 5) is 36.0. The van der Waals surface area contributed by atoms with E-state index >= 15 is 0 Å². The summed E-state index contributed by atoms with van der Waals surface area (Å²) in [7, 11) is 0. The highest BCUT2D eigenvalue weighted by molar-refractivity contribution is 5.94. The Kier molecular flexibility index (Phi) is 6.67. The Morgan fingerprint density at radius 3 is 2.12 bits per heavy atom. The first kappa shape index (κ1) is 19.4. The number of hydrogen-bond acceptors (Lipinski definition) is 4. The van der Waals surface area contributed by atoms with E-state index in [9.17, 15) is 14.4 Å². The highest BCUT2D eigenvalue weighted by Crippen LogP contribution is 2.15. The highest BCUT2D eigenvalue weighted by Gasteiger charge is 2.26. The summed E-state index contributed by atoms with van der Waals surface area (Å²) >= 11 is 0. The largest absolute Gasteiger partial charge is 0.425 e. The van der Waals surface area contributed by atoms with Crippen LogP contribution in [0.25, 0.3) is 0 Å². The maximum Gasteiger partial charge on any atom is 0.334 e. The van der Waals surface area contributed by atoms with E-state index in [4.69, 9.17) is 4.74 Å². The molecule has 0 saturated carbocycles. The molecule has 0 bridgehead atoms. The quantitative estimate of drug-likeness (QED) is 0.471. The van der Waals surface area contributed by atoms with Crippen molar-refractivity contribution >= 4 is 17.7 Å². The molecular weight excluding hydrogens is 330 g/mol. The fourth-order valence-corrected chi connectivity index (χ4v) is 2.44. The van der Waals surface area contributed by atoms with E-state index in [1.54, 1.807) is 24.3 Å². The predicted molar refractivity (Wildman–Crippen MR) is 99.0 cm³/mol. The molecule has 0 unspecified atom stereocenters. The molecule has 26 heavy (non-hydrogen) atoms. The summed E-state index contributed by atoms with van der Waals surface area (Å²) in [6.45, 7) is 5.15. The Hall–Kier alpha value is -2.95. The molecule has 0 fully saturated rings. The predicted octanol–water partition coefficient (Wildman–Crippen LogP) is 3.18. The average molecular weight is 353 g/mol. The van der Waals surface area contributed by atoms with E-state index in [0.717, 1.165) is 5.56 Å². The zero-order valence-corrected chi connectivity index (χ0v) is 15.2. The van der Waals surface area contributed by atoms with Gasteiger partial charge in [-0.25, -0.2) is 4.79 Å². The van der Waals surface area contributed by atoms with Crippen LogP contribution in [0.1, 0.15) is 36.7 Å². The molecule has 5 heteroatoms. The Morgan fingerprint density at radius 1 is 0.962 bits per heavy atom. The second-order valence-corrected chi connectivity index (χ2v) is 6.45. The third kappa shape index (κ3) is 5.55. The summed E-state index contributed by atoms with van der Waals surface area (Å²) in [6.07, 6.45) is 0.199. The van der Waals surface area contributed by atoms with Crippen LogP contribution in [0.3, 0.4) is 0 Å². The van der Waals surface area contributed by atoms with Gasteiger partial charge in [0.15, 0.2) is 5.78 Å². The molecule has 0 aliphatic heterocycles. The molecule has 1 N–H and O–H groups in total. The lowest BCUT2D eigenvalue weighted by Crippen LogP contribution is -2.46. The average Bonchev–Trinajstić information content (AvgIpc) is 2.60. The van der Waals surface area contributed by atoms with Crippen LogP contribution in [0.15, 0.2) is 54.6 Å². The maximum absolute atomic E-state index is 12.5. The van der Waals surface area contributed by atoms with Gasteiger partial charge in [0.05, 0.1) is 6.42 Å². The number of rotatable bonds is 7. The van der Waals surface area contributed by atoms with Crippen molar-refractivity contribution in [2.45, 2.75) is 33.2 Å². The molecule has 0 heterocycles. The lowest BCUT2D eigenvalue weighted by Gasteiger charge is -2.21. The Labute approximate surface area is 153 Å². The van der Waals surface area contributed by atoms with Crippen LogP contribution in [0.2, 0.25) is 0 Å². The number of carbonyl (C=O) groups excluding carboxylic acids is 3. The number of ether oxygens (including phenoxy) is 1. The summed E-state index contributed by atoms with van der Waals surface area (Å²) in [5.74, 6) is -0.617. The van der Waals surface area contributed by atoms with Crippen molar-refractivity contribution in [1.82, 2.24) is 5.32 Å². The molecule has 5 nitrogen and oxygen atoms in total. The van der Waals surface area contributed by atoms with Crippen LogP contribution in [-0.4, -0.2) is 23.7 Å². The SMILES string of the molecule is CC(=O)c1ccc(OC(=O)[C@@H](NC(=O)Cc2ccccc2)C(C)C)cc1. The standard InChI is InChI=1S/C21H23NO4/c1-14(2)20(22-19(24)13-16-7-5-4-6-8-16)21(25)26-18-11-9-17(10-12-18)15(3)23/h4-12,14,20H,13H2,1-3H3,(H,22,24)/t20-/m0/s1. The van der Waals surface area contributed by atoms with Crippen molar-refractivity contribution in [2.75, 3.05) is 0 Å². The van der Waals surface area contributed by atoms with E-state index in [2.05, 4.69) is 5.32 Å². The smallest absolute Gasteiger partial charge is 0.334 e. The molecule has 1 amide bonds. The minimum Gasteiger partial charge on any atom is -0.425 e. The molecule has 0 aliphatic carbocycles. The number of benzene rings is 2. The lowest BCUT2D eigenvalue weighted by atomic mass is 10.0. The van der Waals surface area contributed by atoms with E-state index in [1.807, 2.05) is 44.2 Å². The third-order valence-corrected chi connectivity index (χ3v) is 3.92. The van der Waals surface area contributed by atoms with Crippen molar-refractivity contribution in [2.24, 2.45) is 5.92 Å². The van der Waals surface area contributed by atoms with Gasteiger partial charge in [0.1, 0.15) is 11.8 Å². The van der Waals surface area contributed by atoms with E-state index < -0.39 is 12.0 Å². The molecule has 1 atom stereocenters. The third-order valence-electron chi connectivity index (χ3n) is 3.92. The van der Waals surface area contributed by atoms with Gasteiger partial charge in [-0.1, -0.05) is 44.2 Å². The van der Waals surface area contributed by atoms with Gasteiger partial charge in [-0.05, 0) is 42.7 Å². The first-order valence-corrected chi connectivity index (χ1v) is 8.53. The number of amides is 1. The molecule has 0 aliphatic rings.